The summed E-state index contributed by atoms with van der Waals surface area (Å²) in [4.78, 5) is 11.2. The Morgan fingerprint density at radius 1 is 1.10 bits per heavy atom. The van der Waals surface area contributed by atoms with Gasteiger partial charge in [0.05, 0.1) is 21.3 Å². The van der Waals surface area contributed by atoms with Crippen LogP contribution in [0.15, 0.2) is 30.4 Å². The first-order valence-corrected chi connectivity index (χ1v) is 6.32. The normalized spacial score (nSPS) is 10.3. The van der Waals surface area contributed by atoms with Gasteiger partial charge in [0.15, 0.2) is 11.5 Å². The van der Waals surface area contributed by atoms with Crippen molar-refractivity contribution in [3.05, 3.63) is 35.9 Å². The second kappa shape index (κ2) is 7.99. The van der Waals surface area contributed by atoms with Gasteiger partial charge in [-0.25, -0.2) is 4.79 Å². The fourth-order valence-electron chi connectivity index (χ4n) is 1.61. The minimum atomic E-state index is -0.418. The second-order valence-electron chi connectivity index (χ2n) is 4.23. The molecule has 1 aromatic carbocycles. The van der Waals surface area contributed by atoms with Crippen LogP contribution in [0.25, 0.3) is 6.08 Å². The van der Waals surface area contributed by atoms with Gasteiger partial charge in [-0.1, -0.05) is 12.7 Å². The molecule has 0 saturated carbocycles. The summed E-state index contributed by atoms with van der Waals surface area (Å²) in [6.07, 6.45) is 3.50. The number of hydrogen-bond acceptors (Lipinski definition) is 5. The smallest absolute Gasteiger partial charge is 0.333 e. The minimum absolute atomic E-state index is 0.156. The zero-order valence-electron chi connectivity index (χ0n) is 12.8. The molecular weight excluding hydrogens is 272 g/mol. The molecule has 0 aromatic heterocycles. The van der Waals surface area contributed by atoms with E-state index >= 15 is 0 Å². The van der Waals surface area contributed by atoms with Crippen molar-refractivity contribution in [3.8, 4) is 17.2 Å². The van der Waals surface area contributed by atoms with E-state index in [0.29, 0.717) is 22.8 Å². The fraction of sp³-hybridized carbons (Fsp3) is 0.312. The molecule has 0 unspecified atom stereocenters. The van der Waals surface area contributed by atoms with Gasteiger partial charge in [-0.3, -0.25) is 0 Å². The summed E-state index contributed by atoms with van der Waals surface area (Å²) in [7, 11) is 4.69. The Bertz CT molecular complexity index is 546. The van der Waals surface area contributed by atoms with Gasteiger partial charge >= 0.3 is 5.97 Å². The van der Waals surface area contributed by atoms with Gasteiger partial charge in [-0.2, -0.15) is 0 Å². The maximum atomic E-state index is 11.2. The molecule has 114 valence electrons. The lowest BCUT2D eigenvalue weighted by Gasteiger charge is -2.12. The van der Waals surface area contributed by atoms with Gasteiger partial charge < -0.3 is 18.9 Å². The molecule has 0 amide bonds. The van der Waals surface area contributed by atoms with Gasteiger partial charge in [-0.15, -0.1) is 0 Å². The van der Waals surface area contributed by atoms with Crippen molar-refractivity contribution in [3.63, 3.8) is 0 Å². The largest absolute Gasteiger partial charge is 0.496 e. The zero-order chi connectivity index (χ0) is 15.8. The van der Waals surface area contributed by atoms with Gasteiger partial charge in [0, 0.05) is 17.2 Å². The van der Waals surface area contributed by atoms with E-state index in [1.54, 1.807) is 52.5 Å². The highest BCUT2D eigenvalue weighted by Gasteiger charge is 2.09. The van der Waals surface area contributed by atoms with E-state index < -0.39 is 5.97 Å². The Kier molecular flexibility index (Phi) is 6.33. The highest BCUT2D eigenvalue weighted by Crippen LogP contribution is 2.35. The topological polar surface area (TPSA) is 54.0 Å². The third-order valence-electron chi connectivity index (χ3n) is 2.69. The maximum Gasteiger partial charge on any atom is 0.333 e. The van der Waals surface area contributed by atoms with Crippen LogP contribution in [-0.4, -0.2) is 33.9 Å². The first kappa shape index (κ1) is 16.6. The third-order valence-corrected chi connectivity index (χ3v) is 2.69. The Labute approximate surface area is 124 Å². The second-order valence-corrected chi connectivity index (χ2v) is 4.23. The lowest BCUT2D eigenvalue weighted by molar-refractivity contribution is -0.137. The molecule has 0 saturated heterocycles. The van der Waals surface area contributed by atoms with Gasteiger partial charge in [0.2, 0.25) is 0 Å². The van der Waals surface area contributed by atoms with Gasteiger partial charge in [0.25, 0.3) is 0 Å². The van der Waals surface area contributed by atoms with Crippen molar-refractivity contribution < 1.29 is 23.7 Å². The molecule has 5 heteroatoms. The SMILES string of the molecule is C=C(C)C(=O)OC/C=C/c1cc(OC)c(OC)cc1OC. The van der Waals surface area contributed by atoms with Gasteiger partial charge in [0.1, 0.15) is 12.4 Å². The van der Waals surface area contributed by atoms with E-state index in [9.17, 15) is 4.79 Å². The summed E-state index contributed by atoms with van der Waals surface area (Å²) in [5.41, 5.74) is 1.16. The van der Waals surface area contributed by atoms with E-state index in [1.807, 2.05) is 0 Å². The van der Waals surface area contributed by atoms with Crippen LogP contribution in [0.3, 0.4) is 0 Å². The Morgan fingerprint density at radius 2 is 1.67 bits per heavy atom. The summed E-state index contributed by atoms with van der Waals surface area (Å²) in [6, 6.07) is 3.52. The molecule has 1 rings (SSSR count). The summed E-state index contributed by atoms with van der Waals surface area (Å²) in [6.45, 7) is 5.27. The zero-order valence-corrected chi connectivity index (χ0v) is 12.8. The first-order valence-electron chi connectivity index (χ1n) is 6.32. The number of methoxy groups -OCH3 is 3. The maximum absolute atomic E-state index is 11.2. The van der Waals surface area contributed by atoms with Crippen LogP contribution < -0.4 is 14.2 Å². The van der Waals surface area contributed by atoms with E-state index in [2.05, 4.69) is 6.58 Å². The third kappa shape index (κ3) is 4.56. The van der Waals surface area contributed by atoms with E-state index in [0.717, 1.165) is 5.56 Å². The average Bonchev–Trinajstić information content (AvgIpc) is 2.50. The number of carbonyl (C=O) groups is 1. The molecule has 0 N–H and O–H groups in total. The lowest BCUT2D eigenvalue weighted by Crippen LogP contribution is -2.04. The van der Waals surface area contributed by atoms with Crippen LogP contribution in [0.2, 0.25) is 0 Å². The number of benzene rings is 1. The molecule has 1 aromatic rings. The Hall–Kier alpha value is -2.43. The van der Waals surface area contributed by atoms with Crippen molar-refractivity contribution in [1.29, 1.82) is 0 Å². The number of carbonyl (C=O) groups excluding carboxylic acids is 1. The summed E-state index contributed by atoms with van der Waals surface area (Å²) >= 11 is 0. The van der Waals surface area contributed by atoms with Crippen LogP contribution in [-0.2, 0) is 9.53 Å². The van der Waals surface area contributed by atoms with E-state index in [1.165, 1.54) is 0 Å². The molecule has 0 atom stereocenters. The van der Waals surface area contributed by atoms with Crippen LogP contribution in [0, 0.1) is 0 Å². The number of hydrogen-bond donors (Lipinski definition) is 0. The summed E-state index contributed by atoms with van der Waals surface area (Å²) < 4.78 is 20.7. The molecular formula is C16H20O5. The quantitative estimate of drug-likeness (QED) is 0.571. The first-order chi connectivity index (χ1) is 10.0. The van der Waals surface area contributed by atoms with Crippen LogP contribution in [0.5, 0.6) is 17.2 Å². The van der Waals surface area contributed by atoms with Crippen LogP contribution in [0.4, 0.5) is 0 Å². The molecule has 0 aliphatic carbocycles. The Balaban J connectivity index is 2.86. The monoisotopic (exact) mass is 292 g/mol. The highest BCUT2D eigenvalue weighted by molar-refractivity contribution is 5.87. The summed E-state index contributed by atoms with van der Waals surface area (Å²) in [5, 5.41) is 0. The van der Waals surface area contributed by atoms with Crippen LogP contribution >= 0.6 is 0 Å². The fourth-order valence-corrected chi connectivity index (χ4v) is 1.61. The van der Waals surface area contributed by atoms with Crippen molar-refractivity contribution in [2.45, 2.75) is 6.92 Å². The number of rotatable bonds is 7. The average molecular weight is 292 g/mol. The number of esters is 1. The van der Waals surface area contributed by atoms with E-state index in [-0.39, 0.29) is 6.61 Å². The molecule has 0 aliphatic heterocycles. The van der Waals surface area contributed by atoms with Crippen molar-refractivity contribution in [1.82, 2.24) is 0 Å². The standard InChI is InChI=1S/C16H20O5/c1-11(2)16(17)21-8-6-7-12-9-14(19-4)15(20-5)10-13(12)18-3/h6-7,9-10H,1,8H2,2-5H3/b7-6+. The summed E-state index contributed by atoms with van der Waals surface area (Å²) in [5.74, 6) is 1.39. The molecule has 0 spiro atoms. The molecule has 0 fully saturated rings. The molecule has 0 aliphatic rings. The van der Waals surface area contributed by atoms with Crippen molar-refractivity contribution in [2.75, 3.05) is 27.9 Å². The predicted molar refractivity (Wildman–Crippen MR) is 80.9 cm³/mol. The van der Waals surface area contributed by atoms with Crippen molar-refractivity contribution >= 4 is 12.0 Å². The lowest BCUT2D eigenvalue weighted by atomic mass is 10.1. The molecule has 0 radical (unpaired) electrons. The van der Waals surface area contributed by atoms with Crippen molar-refractivity contribution in [2.24, 2.45) is 0 Å². The Morgan fingerprint density at radius 3 is 2.19 bits per heavy atom. The molecule has 0 bridgehead atoms. The minimum Gasteiger partial charge on any atom is -0.496 e. The molecule has 21 heavy (non-hydrogen) atoms. The highest BCUT2D eigenvalue weighted by atomic mass is 16.5. The molecule has 0 heterocycles. The van der Waals surface area contributed by atoms with Gasteiger partial charge in [-0.05, 0) is 19.1 Å². The number of ether oxygens (including phenoxy) is 4. The predicted octanol–water partition coefficient (Wildman–Crippen LogP) is 2.84. The molecule has 5 nitrogen and oxygen atoms in total. The van der Waals surface area contributed by atoms with Crippen LogP contribution in [0.1, 0.15) is 12.5 Å². The van der Waals surface area contributed by atoms with E-state index in [4.69, 9.17) is 18.9 Å².